The highest BCUT2D eigenvalue weighted by Gasteiger charge is 2.30. The van der Waals surface area contributed by atoms with E-state index in [0.29, 0.717) is 5.56 Å². The molecule has 0 N–H and O–H groups in total. The van der Waals surface area contributed by atoms with Crippen LogP contribution < -0.4 is 0 Å². The molecule has 0 aliphatic carbocycles. The minimum absolute atomic E-state index is 0.142. The number of benzene rings is 1. The first kappa shape index (κ1) is 21.7. The zero-order valence-corrected chi connectivity index (χ0v) is 16.8. The fourth-order valence-electron chi connectivity index (χ4n) is 1.93. The molecule has 0 unspecified atom stereocenters. The number of esters is 2. The normalized spacial score (nSPS) is 11.5. The predicted octanol–water partition coefficient (Wildman–Crippen LogP) is 4.22. The van der Waals surface area contributed by atoms with E-state index in [1.165, 1.54) is 7.11 Å². The zero-order chi connectivity index (χ0) is 20.0. The molecule has 0 heterocycles. The first-order valence-corrected chi connectivity index (χ1v) is 8.62. The van der Waals surface area contributed by atoms with Crippen LogP contribution in [0.4, 0.5) is 0 Å². The van der Waals surface area contributed by atoms with Crippen LogP contribution >= 0.6 is 0 Å². The molecule has 0 spiro atoms. The fraction of sp³-hybridized carbons (Fsp3) is 0.524. The molecule has 0 radical (unpaired) electrons. The SMILES string of the molecule is COC(=C(C(=O)OCC(C)(C)C)C(=O)OCC(C)(C)C)c1ccccc1. The van der Waals surface area contributed by atoms with Crippen molar-refractivity contribution in [1.29, 1.82) is 0 Å². The molecule has 0 aliphatic heterocycles. The monoisotopic (exact) mass is 362 g/mol. The second-order valence-electron chi connectivity index (χ2n) is 8.55. The van der Waals surface area contributed by atoms with E-state index >= 15 is 0 Å². The van der Waals surface area contributed by atoms with Crippen molar-refractivity contribution >= 4 is 17.7 Å². The lowest BCUT2D eigenvalue weighted by Crippen LogP contribution is -2.27. The highest BCUT2D eigenvalue weighted by molar-refractivity contribution is 6.19. The molecule has 1 aromatic rings. The summed E-state index contributed by atoms with van der Waals surface area (Å²) in [5, 5.41) is 0. The zero-order valence-electron chi connectivity index (χ0n) is 16.8. The van der Waals surface area contributed by atoms with Gasteiger partial charge in [-0.3, -0.25) is 0 Å². The Bertz CT molecular complexity index is 613. The van der Waals surface area contributed by atoms with Crippen LogP contribution in [0.5, 0.6) is 0 Å². The third kappa shape index (κ3) is 7.30. The second kappa shape index (κ2) is 8.88. The van der Waals surface area contributed by atoms with Gasteiger partial charge in [-0.1, -0.05) is 71.9 Å². The van der Waals surface area contributed by atoms with Crippen molar-refractivity contribution in [3.05, 3.63) is 41.5 Å². The first-order valence-electron chi connectivity index (χ1n) is 8.62. The molecule has 0 saturated heterocycles. The largest absolute Gasteiger partial charge is 0.495 e. The topological polar surface area (TPSA) is 61.8 Å². The molecular weight excluding hydrogens is 332 g/mol. The van der Waals surface area contributed by atoms with E-state index in [0.717, 1.165) is 0 Å². The van der Waals surface area contributed by atoms with Gasteiger partial charge in [0.1, 0.15) is 5.76 Å². The van der Waals surface area contributed by atoms with Crippen molar-refractivity contribution in [2.75, 3.05) is 20.3 Å². The maximum atomic E-state index is 12.7. The Labute approximate surface area is 156 Å². The number of hydrogen-bond acceptors (Lipinski definition) is 5. The Morgan fingerprint density at radius 2 is 1.23 bits per heavy atom. The summed E-state index contributed by atoms with van der Waals surface area (Å²) in [5.41, 5.74) is -0.0795. The Morgan fingerprint density at radius 3 is 1.58 bits per heavy atom. The fourth-order valence-corrected chi connectivity index (χ4v) is 1.93. The Hall–Kier alpha value is -2.30. The number of rotatable bonds is 6. The Morgan fingerprint density at radius 1 is 0.808 bits per heavy atom. The van der Waals surface area contributed by atoms with E-state index in [1.807, 2.05) is 47.6 Å². The Balaban J connectivity index is 3.25. The van der Waals surface area contributed by atoms with Crippen molar-refractivity contribution in [3.63, 3.8) is 0 Å². The molecule has 5 heteroatoms. The lowest BCUT2D eigenvalue weighted by Gasteiger charge is -2.21. The van der Waals surface area contributed by atoms with Gasteiger partial charge in [0, 0.05) is 5.56 Å². The van der Waals surface area contributed by atoms with Gasteiger partial charge in [0.2, 0.25) is 0 Å². The molecule has 0 bridgehead atoms. The molecule has 0 amide bonds. The molecule has 144 valence electrons. The van der Waals surface area contributed by atoms with Crippen LogP contribution in [0, 0.1) is 10.8 Å². The van der Waals surface area contributed by atoms with Crippen molar-refractivity contribution in [3.8, 4) is 0 Å². The maximum absolute atomic E-state index is 12.7. The van der Waals surface area contributed by atoms with E-state index in [4.69, 9.17) is 14.2 Å². The minimum atomic E-state index is -0.750. The van der Waals surface area contributed by atoms with Crippen LogP contribution in [0.2, 0.25) is 0 Å². The van der Waals surface area contributed by atoms with Crippen molar-refractivity contribution in [2.24, 2.45) is 10.8 Å². The average molecular weight is 362 g/mol. The van der Waals surface area contributed by atoms with Crippen LogP contribution in [0.1, 0.15) is 47.1 Å². The van der Waals surface area contributed by atoms with Crippen LogP contribution in [-0.2, 0) is 23.8 Å². The van der Waals surface area contributed by atoms with Gasteiger partial charge in [0.25, 0.3) is 0 Å². The molecule has 26 heavy (non-hydrogen) atoms. The smallest absolute Gasteiger partial charge is 0.349 e. The maximum Gasteiger partial charge on any atom is 0.349 e. The summed E-state index contributed by atoms with van der Waals surface area (Å²) in [4.78, 5) is 25.3. The molecule has 1 rings (SSSR count). The molecule has 0 aromatic heterocycles. The summed E-state index contributed by atoms with van der Waals surface area (Å²) in [6.07, 6.45) is 0. The standard InChI is InChI=1S/C21H30O5/c1-20(2,3)13-25-18(22)16(19(23)26-14-21(4,5)6)17(24-7)15-11-9-8-10-12-15/h8-12H,13-14H2,1-7H3. The molecule has 0 saturated carbocycles. The van der Waals surface area contributed by atoms with Crippen molar-refractivity contribution in [2.45, 2.75) is 41.5 Å². The van der Waals surface area contributed by atoms with E-state index in [-0.39, 0.29) is 35.4 Å². The molecular formula is C21H30O5. The third-order valence-corrected chi connectivity index (χ3v) is 3.15. The summed E-state index contributed by atoms with van der Waals surface area (Å²) < 4.78 is 16.1. The second-order valence-corrected chi connectivity index (χ2v) is 8.55. The molecule has 0 atom stereocenters. The highest BCUT2D eigenvalue weighted by Crippen LogP contribution is 2.24. The first-order chi connectivity index (χ1) is 11.9. The van der Waals surface area contributed by atoms with Crippen molar-refractivity contribution in [1.82, 2.24) is 0 Å². The van der Waals surface area contributed by atoms with Gasteiger partial charge >= 0.3 is 11.9 Å². The predicted molar refractivity (Wildman–Crippen MR) is 101 cm³/mol. The number of ether oxygens (including phenoxy) is 3. The van der Waals surface area contributed by atoms with Crippen molar-refractivity contribution < 1.29 is 23.8 Å². The van der Waals surface area contributed by atoms with Crippen LogP contribution in [0.15, 0.2) is 35.9 Å². The number of methoxy groups -OCH3 is 1. The Kier molecular flexibility index (Phi) is 7.42. The molecule has 0 fully saturated rings. The van der Waals surface area contributed by atoms with Gasteiger partial charge in [-0.2, -0.15) is 0 Å². The van der Waals surface area contributed by atoms with Gasteiger partial charge < -0.3 is 14.2 Å². The lowest BCUT2D eigenvalue weighted by molar-refractivity contribution is -0.150. The summed E-state index contributed by atoms with van der Waals surface area (Å²) in [6.45, 7) is 12.0. The molecule has 1 aromatic carbocycles. The summed E-state index contributed by atoms with van der Waals surface area (Å²) >= 11 is 0. The summed E-state index contributed by atoms with van der Waals surface area (Å²) in [7, 11) is 1.41. The number of carbonyl (C=O) groups excluding carboxylic acids is 2. The van der Waals surface area contributed by atoms with Gasteiger partial charge in [-0.15, -0.1) is 0 Å². The average Bonchev–Trinajstić information content (AvgIpc) is 2.54. The molecule has 5 nitrogen and oxygen atoms in total. The lowest BCUT2D eigenvalue weighted by atomic mass is 9.98. The van der Waals surface area contributed by atoms with Gasteiger partial charge in [0.15, 0.2) is 5.57 Å². The molecule has 0 aliphatic rings. The van der Waals surface area contributed by atoms with E-state index < -0.39 is 11.9 Å². The van der Waals surface area contributed by atoms with Gasteiger partial charge in [-0.25, -0.2) is 9.59 Å². The van der Waals surface area contributed by atoms with Crippen LogP contribution in [-0.4, -0.2) is 32.3 Å². The minimum Gasteiger partial charge on any atom is -0.495 e. The quantitative estimate of drug-likeness (QED) is 0.249. The van der Waals surface area contributed by atoms with E-state index in [2.05, 4.69) is 0 Å². The number of hydrogen-bond donors (Lipinski definition) is 0. The van der Waals surface area contributed by atoms with E-state index in [1.54, 1.807) is 24.3 Å². The van der Waals surface area contributed by atoms with E-state index in [9.17, 15) is 9.59 Å². The van der Waals surface area contributed by atoms with Crippen LogP contribution in [0.3, 0.4) is 0 Å². The van der Waals surface area contributed by atoms with Gasteiger partial charge in [0.05, 0.1) is 20.3 Å². The summed E-state index contributed by atoms with van der Waals surface area (Å²) in [6, 6.07) is 8.95. The third-order valence-electron chi connectivity index (χ3n) is 3.15. The summed E-state index contributed by atoms with van der Waals surface area (Å²) in [5.74, 6) is -1.36. The van der Waals surface area contributed by atoms with Crippen LogP contribution in [0.25, 0.3) is 5.76 Å². The number of carbonyl (C=O) groups is 2. The van der Waals surface area contributed by atoms with Gasteiger partial charge in [-0.05, 0) is 10.8 Å². The highest BCUT2D eigenvalue weighted by atomic mass is 16.6.